The van der Waals surface area contributed by atoms with Gasteiger partial charge >= 0.3 is 0 Å². The van der Waals surface area contributed by atoms with Gasteiger partial charge in [0.15, 0.2) is 11.5 Å². The van der Waals surface area contributed by atoms with E-state index >= 15 is 0 Å². The smallest absolute Gasteiger partial charge is 0.224 e. The predicted molar refractivity (Wildman–Crippen MR) is 138 cm³/mol. The predicted octanol–water partition coefficient (Wildman–Crippen LogP) is 4.26. The van der Waals surface area contributed by atoms with Gasteiger partial charge in [0.1, 0.15) is 5.75 Å². The lowest BCUT2D eigenvalue weighted by Gasteiger charge is -2.14. The third-order valence-electron chi connectivity index (χ3n) is 6.79. The fourth-order valence-corrected chi connectivity index (χ4v) is 4.96. The van der Waals surface area contributed by atoms with Crippen LogP contribution in [0.4, 0.5) is 0 Å². The highest BCUT2D eigenvalue weighted by Crippen LogP contribution is 2.46. The Morgan fingerprint density at radius 1 is 1.03 bits per heavy atom. The molecule has 7 heteroatoms. The van der Waals surface area contributed by atoms with E-state index in [1.165, 1.54) is 0 Å². The van der Waals surface area contributed by atoms with Gasteiger partial charge < -0.3 is 29.2 Å². The first-order valence-electron chi connectivity index (χ1n) is 11.8. The molecule has 1 amide bonds. The molecule has 2 aliphatic rings. The summed E-state index contributed by atoms with van der Waals surface area (Å²) in [7, 11) is 8.54. The van der Waals surface area contributed by atoms with Gasteiger partial charge in [-0.2, -0.15) is 0 Å². The molecule has 1 aliphatic carbocycles. The van der Waals surface area contributed by atoms with Crippen molar-refractivity contribution in [3.05, 3.63) is 52.6 Å². The first-order chi connectivity index (χ1) is 16.9. The number of likely N-dealkylation sites (N-methyl/N-ethyl adjacent to an activating group) is 1. The molecule has 1 saturated heterocycles. The fraction of sp³-hybridized carbons (Fsp3) is 0.393. The number of benzene rings is 2. The van der Waals surface area contributed by atoms with E-state index in [1.807, 2.05) is 24.3 Å². The van der Waals surface area contributed by atoms with Crippen LogP contribution in [0, 0.1) is 0 Å². The SMILES string of the molecule is COc1ccc2c(c1)C(CC(=O)NC1CCN(C)C1)=C(C)C2=Cc1cc(OC)c(OC)c(OC)c1. The van der Waals surface area contributed by atoms with Crippen LogP contribution in [0.2, 0.25) is 0 Å². The van der Waals surface area contributed by atoms with E-state index in [4.69, 9.17) is 18.9 Å². The van der Waals surface area contributed by atoms with Crippen LogP contribution in [-0.2, 0) is 4.79 Å². The Balaban J connectivity index is 1.73. The number of carbonyl (C=O) groups is 1. The number of nitrogens with one attached hydrogen (secondary N) is 1. The number of ether oxygens (including phenoxy) is 4. The molecule has 1 aliphatic heterocycles. The van der Waals surface area contributed by atoms with Gasteiger partial charge in [-0.15, -0.1) is 0 Å². The molecule has 0 saturated carbocycles. The number of likely N-dealkylation sites (tertiary alicyclic amines) is 1. The van der Waals surface area contributed by atoms with Gasteiger partial charge in [0, 0.05) is 12.6 Å². The van der Waals surface area contributed by atoms with E-state index in [2.05, 4.69) is 36.3 Å². The summed E-state index contributed by atoms with van der Waals surface area (Å²) in [4.78, 5) is 15.3. The molecule has 4 rings (SSSR count). The van der Waals surface area contributed by atoms with Crippen molar-refractivity contribution >= 4 is 23.1 Å². The quantitative estimate of drug-likeness (QED) is 0.612. The topological polar surface area (TPSA) is 69.3 Å². The standard InChI is InChI=1S/C28H34N2O5/c1-17-22(11-18-12-25(33-4)28(35-6)26(13-18)34-5)21-8-7-20(32-3)14-24(21)23(17)15-27(31)29-19-9-10-30(2)16-19/h7-8,11-14,19H,9-10,15-16H2,1-6H3,(H,29,31). The molecular formula is C28H34N2O5. The fourth-order valence-electron chi connectivity index (χ4n) is 4.96. The lowest BCUT2D eigenvalue weighted by atomic mass is 10.00. The van der Waals surface area contributed by atoms with Crippen LogP contribution in [-0.4, -0.2) is 65.4 Å². The molecule has 186 valence electrons. The van der Waals surface area contributed by atoms with Crippen molar-refractivity contribution in [2.45, 2.75) is 25.8 Å². The monoisotopic (exact) mass is 478 g/mol. The third-order valence-corrected chi connectivity index (χ3v) is 6.79. The highest BCUT2D eigenvalue weighted by Gasteiger charge is 2.28. The van der Waals surface area contributed by atoms with Gasteiger partial charge in [0.2, 0.25) is 11.7 Å². The van der Waals surface area contributed by atoms with Crippen LogP contribution < -0.4 is 24.3 Å². The molecule has 0 spiro atoms. The molecule has 1 N–H and O–H groups in total. The van der Waals surface area contributed by atoms with E-state index in [9.17, 15) is 4.79 Å². The average molecular weight is 479 g/mol. The molecule has 2 aromatic carbocycles. The molecule has 1 unspecified atom stereocenters. The van der Waals surface area contributed by atoms with Gasteiger partial charge in [-0.25, -0.2) is 0 Å². The lowest BCUT2D eigenvalue weighted by Crippen LogP contribution is -2.36. The van der Waals surface area contributed by atoms with E-state index in [0.717, 1.165) is 58.7 Å². The maximum Gasteiger partial charge on any atom is 0.224 e. The normalized spacial score (nSPS) is 18.6. The summed E-state index contributed by atoms with van der Waals surface area (Å²) < 4.78 is 22.0. The van der Waals surface area contributed by atoms with Gasteiger partial charge in [-0.05, 0) is 90.7 Å². The molecule has 7 nitrogen and oxygen atoms in total. The number of nitrogens with zero attached hydrogens (tertiary/aromatic N) is 1. The number of hydrogen-bond donors (Lipinski definition) is 1. The lowest BCUT2D eigenvalue weighted by molar-refractivity contribution is -0.120. The molecule has 35 heavy (non-hydrogen) atoms. The molecule has 1 heterocycles. The van der Waals surface area contributed by atoms with Crippen LogP contribution in [0.1, 0.15) is 36.5 Å². The third kappa shape index (κ3) is 5.00. The van der Waals surface area contributed by atoms with Crippen molar-refractivity contribution in [1.29, 1.82) is 0 Å². The Hall–Kier alpha value is -3.45. The number of allylic oxidation sites excluding steroid dienone is 2. The summed E-state index contributed by atoms with van der Waals surface area (Å²) in [6, 6.07) is 10.1. The Kier molecular flexibility index (Phi) is 7.36. The largest absolute Gasteiger partial charge is 0.497 e. The zero-order valence-electron chi connectivity index (χ0n) is 21.4. The van der Waals surface area contributed by atoms with Crippen LogP contribution >= 0.6 is 0 Å². The van der Waals surface area contributed by atoms with E-state index in [-0.39, 0.29) is 11.9 Å². The zero-order valence-corrected chi connectivity index (χ0v) is 21.4. The first-order valence-corrected chi connectivity index (χ1v) is 11.8. The van der Waals surface area contributed by atoms with Crippen LogP contribution in [0.15, 0.2) is 35.9 Å². The van der Waals surface area contributed by atoms with E-state index < -0.39 is 0 Å². The molecule has 0 aromatic heterocycles. The second kappa shape index (κ2) is 10.4. The maximum atomic E-state index is 13.0. The summed E-state index contributed by atoms with van der Waals surface area (Å²) >= 11 is 0. The minimum atomic E-state index is 0.0439. The molecule has 0 bridgehead atoms. The molecule has 1 atom stereocenters. The van der Waals surface area contributed by atoms with Crippen LogP contribution in [0.5, 0.6) is 23.0 Å². The van der Waals surface area contributed by atoms with Crippen LogP contribution in [0.3, 0.4) is 0 Å². The number of methoxy groups -OCH3 is 4. The first kappa shape index (κ1) is 24.7. The van der Waals surface area contributed by atoms with Gasteiger partial charge in [-0.1, -0.05) is 6.07 Å². The summed E-state index contributed by atoms with van der Waals surface area (Å²) in [6.07, 6.45) is 3.40. The molecular weight excluding hydrogens is 444 g/mol. The van der Waals surface area contributed by atoms with Crippen molar-refractivity contribution < 1.29 is 23.7 Å². The Labute approximate surface area is 207 Å². The summed E-state index contributed by atoms with van der Waals surface area (Å²) in [6.45, 7) is 3.97. The zero-order chi connectivity index (χ0) is 25.1. The van der Waals surface area contributed by atoms with Gasteiger partial charge in [-0.3, -0.25) is 4.79 Å². The minimum absolute atomic E-state index is 0.0439. The number of fused-ring (bicyclic) bond motifs is 1. The Bertz CT molecular complexity index is 1160. The van der Waals surface area contributed by atoms with Crippen molar-refractivity contribution in [3.63, 3.8) is 0 Å². The number of amides is 1. The van der Waals surface area contributed by atoms with Crippen molar-refractivity contribution in [3.8, 4) is 23.0 Å². The molecule has 0 radical (unpaired) electrons. The van der Waals surface area contributed by atoms with Crippen molar-refractivity contribution in [2.24, 2.45) is 0 Å². The minimum Gasteiger partial charge on any atom is -0.497 e. The van der Waals surface area contributed by atoms with Crippen LogP contribution in [0.25, 0.3) is 17.2 Å². The number of hydrogen-bond acceptors (Lipinski definition) is 6. The van der Waals surface area contributed by atoms with Crippen molar-refractivity contribution in [1.82, 2.24) is 10.2 Å². The number of carbonyl (C=O) groups excluding carboxylic acids is 1. The second-order valence-corrected chi connectivity index (χ2v) is 9.02. The van der Waals surface area contributed by atoms with Crippen molar-refractivity contribution in [2.75, 3.05) is 48.6 Å². The molecule has 2 aromatic rings. The summed E-state index contributed by atoms with van der Waals surface area (Å²) in [5, 5.41) is 3.21. The maximum absolute atomic E-state index is 13.0. The van der Waals surface area contributed by atoms with Gasteiger partial charge in [0.25, 0.3) is 0 Å². The molecule has 1 fully saturated rings. The Morgan fingerprint density at radius 3 is 2.31 bits per heavy atom. The summed E-state index contributed by atoms with van der Waals surface area (Å²) in [5.74, 6) is 2.54. The Morgan fingerprint density at radius 2 is 1.74 bits per heavy atom. The van der Waals surface area contributed by atoms with E-state index in [1.54, 1.807) is 28.4 Å². The van der Waals surface area contributed by atoms with Gasteiger partial charge in [0.05, 0.1) is 34.9 Å². The van der Waals surface area contributed by atoms with E-state index in [0.29, 0.717) is 23.7 Å². The second-order valence-electron chi connectivity index (χ2n) is 9.02. The average Bonchev–Trinajstić information content (AvgIpc) is 3.38. The highest BCUT2D eigenvalue weighted by molar-refractivity contribution is 6.08. The highest BCUT2D eigenvalue weighted by atomic mass is 16.5. The number of rotatable bonds is 8. The summed E-state index contributed by atoms with van der Waals surface area (Å²) in [5.41, 5.74) is 6.15.